The van der Waals surface area contributed by atoms with Crippen LogP contribution >= 0.6 is 0 Å². The van der Waals surface area contributed by atoms with Gasteiger partial charge in [-0.1, -0.05) is 13.8 Å². The first-order chi connectivity index (χ1) is 6.49. The summed E-state index contributed by atoms with van der Waals surface area (Å²) < 4.78 is 24.2. The fourth-order valence-electron chi connectivity index (χ4n) is 2.05. The van der Waals surface area contributed by atoms with Gasteiger partial charge >= 0.3 is 0 Å². The molecule has 5 heteroatoms. The number of hydrogen-bond acceptors (Lipinski definition) is 3. The maximum absolute atomic E-state index is 11.3. The summed E-state index contributed by atoms with van der Waals surface area (Å²) in [6, 6.07) is 0.416. The van der Waals surface area contributed by atoms with Gasteiger partial charge in [0.2, 0.25) is 10.0 Å². The van der Waals surface area contributed by atoms with Gasteiger partial charge in [-0.05, 0) is 19.5 Å². The fraction of sp³-hybridized carbons (Fsp3) is 1.00. The van der Waals surface area contributed by atoms with E-state index >= 15 is 0 Å². The molecule has 14 heavy (non-hydrogen) atoms. The van der Waals surface area contributed by atoms with Crippen LogP contribution in [0.3, 0.4) is 0 Å². The fourth-order valence-corrected chi connectivity index (χ4v) is 2.93. The van der Waals surface area contributed by atoms with E-state index in [1.807, 2.05) is 0 Å². The zero-order valence-corrected chi connectivity index (χ0v) is 10.0. The highest BCUT2D eigenvalue weighted by molar-refractivity contribution is 7.88. The zero-order valence-electron chi connectivity index (χ0n) is 9.23. The van der Waals surface area contributed by atoms with Crippen molar-refractivity contribution < 1.29 is 8.42 Å². The third-order valence-electron chi connectivity index (χ3n) is 2.92. The Hall–Kier alpha value is -0.130. The molecule has 0 saturated carbocycles. The molecule has 1 fully saturated rings. The second-order valence-electron chi connectivity index (χ2n) is 3.78. The number of nitrogens with zero attached hydrogens (tertiary/aromatic N) is 2. The van der Waals surface area contributed by atoms with Gasteiger partial charge in [-0.3, -0.25) is 4.90 Å². The lowest BCUT2D eigenvalue weighted by Crippen LogP contribution is -2.38. The number of sulfonamides is 1. The Morgan fingerprint density at radius 1 is 1.36 bits per heavy atom. The Morgan fingerprint density at radius 2 is 1.93 bits per heavy atom. The molecule has 4 nitrogen and oxygen atoms in total. The number of rotatable bonds is 4. The highest BCUT2D eigenvalue weighted by Gasteiger charge is 2.30. The van der Waals surface area contributed by atoms with Gasteiger partial charge < -0.3 is 0 Å². The van der Waals surface area contributed by atoms with E-state index in [0.717, 1.165) is 19.5 Å². The molecule has 0 spiro atoms. The summed E-state index contributed by atoms with van der Waals surface area (Å²) in [7, 11) is -2.98. The van der Waals surface area contributed by atoms with E-state index in [4.69, 9.17) is 0 Å². The van der Waals surface area contributed by atoms with Crippen LogP contribution < -0.4 is 0 Å². The van der Waals surface area contributed by atoms with Crippen molar-refractivity contribution in [2.45, 2.75) is 26.3 Å². The average molecular weight is 220 g/mol. The lowest BCUT2D eigenvalue weighted by Gasteiger charge is -2.25. The predicted octanol–water partition coefficient (Wildman–Crippen LogP) is 0.362. The Bertz CT molecular complexity index is 273. The first-order valence-corrected chi connectivity index (χ1v) is 7.03. The van der Waals surface area contributed by atoms with Crippen molar-refractivity contribution in [3.63, 3.8) is 0 Å². The molecule has 1 saturated heterocycles. The van der Waals surface area contributed by atoms with Gasteiger partial charge in [0.1, 0.15) is 0 Å². The monoisotopic (exact) mass is 220 g/mol. The molecule has 84 valence electrons. The van der Waals surface area contributed by atoms with Crippen LogP contribution in [0, 0.1) is 0 Å². The van der Waals surface area contributed by atoms with E-state index in [2.05, 4.69) is 18.7 Å². The van der Waals surface area contributed by atoms with Crippen LogP contribution in [0.25, 0.3) is 0 Å². The minimum absolute atomic E-state index is 0.416. The molecule has 0 aliphatic carbocycles. The van der Waals surface area contributed by atoms with Crippen LogP contribution in [0.15, 0.2) is 0 Å². The largest absolute Gasteiger partial charge is 0.300 e. The highest BCUT2D eigenvalue weighted by atomic mass is 32.2. The van der Waals surface area contributed by atoms with Crippen molar-refractivity contribution in [1.29, 1.82) is 0 Å². The second kappa shape index (κ2) is 4.59. The summed E-state index contributed by atoms with van der Waals surface area (Å²) in [5, 5.41) is 0. The smallest absolute Gasteiger partial charge is 0.211 e. The van der Waals surface area contributed by atoms with Crippen LogP contribution in [0.1, 0.15) is 20.3 Å². The van der Waals surface area contributed by atoms with E-state index in [9.17, 15) is 8.42 Å². The van der Waals surface area contributed by atoms with Gasteiger partial charge in [0, 0.05) is 19.1 Å². The standard InChI is InChI=1S/C9H20N2O2S/c1-4-10(5-2)9-6-7-11(8-9)14(3,12)13/h9H,4-8H2,1-3H3. The summed E-state index contributed by atoms with van der Waals surface area (Å²) in [6.45, 7) is 7.58. The quantitative estimate of drug-likeness (QED) is 0.687. The highest BCUT2D eigenvalue weighted by Crippen LogP contribution is 2.17. The van der Waals surface area contributed by atoms with Crippen molar-refractivity contribution >= 4 is 10.0 Å². The van der Waals surface area contributed by atoms with E-state index in [1.54, 1.807) is 4.31 Å². The minimum Gasteiger partial charge on any atom is -0.300 e. The molecule has 0 bridgehead atoms. The van der Waals surface area contributed by atoms with Crippen LogP contribution in [-0.2, 0) is 10.0 Å². The lowest BCUT2D eigenvalue weighted by molar-refractivity contribution is 0.225. The zero-order chi connectivity index (χ0) is 10.8. The molecule has 0 aromatic carbocycles. The van der Waals surface area contributed by atoms with Gasteiger partial charge in [0.05, 0.1) is 6.26 Å². The minimum atomic E-state index is -2.98. The molecule has 1 aliphatic heterocycles. The van der Waals surface area contributed by atoms with Crippen molar-refractivity contribution in [2.24, 2.45) is 0 Å². The second-order valence-corrected chi connectivity index (χ2v) is 5.77. The summed E-state index contributed by atoms with van der Waals surface area (Å²) in [4.78, 5) is 2.32. The van der Waals surface area contributed by atoms with Crippen molar-refractivity contribution in [2.75, 3.05) is 32.4 Å². The molecule has 0 radical (unpaired) electrons. The third kappa shape index (κ3) is 2.68. The van der Waals surface area contributed by atoms with Gasteiger partial charge in [-0.25, -0.2) is 12.7 Å². The molecule has 0 amide bonds. The van der Waals surface area contributed by atoms with E-state index < -0.39 is 10.0 Å². The van der Waals surface area contributed by atoms with E-state index in [1.165, 1.54) is 6.26 Å². The van der Waals surface area contributed by atoms with Gasteiger partial charge in [0.15, 0.2) is 0 Å². The molecule has 1 aliphatic rings. The molecular weight excluding hydrogens is 200 g/mol. The van der Waals surface area contributed by atoms with Crippen molar-refractivity contribution in [3.05, 3.63) is 0 Å². The van der Waals surface area contributed by atoms with E-state index in [-0.39, 0.29) is 0 Å². The molecule has 1 heterocycles. The first kappa shape index (κ1) is 11.9. The Morgan fingerprint density at radius 3 is 2.29 bits per heavy atom. The normalized spacial score (nSPS) is 24.7. The van der Waals surface area contributed by atoms with Gasteiger partial charge in [-0.15, -0.1) is 0 Å². The third-order valence-corrected chi connectivity index (χ3v) is 4.19. The summed E-state index contributed by atoms with van der Waals surface area (Å²) in [5.41, 5.74) is 0. The average Bonchev–Trinajstić information content (AvgIpc) is 2.54. The van der Waals surface area contributed by atoms with Crippen LogP contribution in [0.2, 0.25) is 0 Å². The van der Waals surface area contributed by atoms with Crippen LogP contribution in [-0.4, -0.2) is 56.1 Å². The molecule has 1 atom stereocenters. The van der Waals surface area contributed by atoms with Crippen LogP contribution in [0.5, 0.6) is 0 Å². The maximum Gasteiger partial charge on any atom is 0.211 e. The summed E-state index contributed by atoms with van der Waals surface area (Å²) in [5.74, 6) is 0. The predicted molar refractivity (Wildman–Crippen MR) is 57.7 cm³/mol. The first-order valence-electron chi connectivity index (χ1n) is 5.18. The van der Waals surface area contributed by atoms with Crippen molar-refractivity contribution in [1.82, 2.24) is 9.21 Å². The lowest BCUT2D eigenvalue weighted by atomic mass is 10.2. The topological polar surface area (TPSA) is 40.6 Å². The molecule has 0 aromatic rings. The molecule has 0 N–H and O–H groups in total. The molecule has 0 aromatic heterocycles. The van der Waals surface area contributed by atoms with Crippen molar-refractivity contribution in [3.8, 4) is 0 Å². The Labute approximate surface area is 86.9 Å². The van der Waals surface area contributed by atoms with E-state index in [0.29, 0.717) is 19.1 Å². The summed E-state index contributed by atoms with van der Waals surface area (Å²) >= 11 is 0. The SMILES string of the molecule is CCN(CC)C1CCN(S(C)(=O)=O)C1. The molecular formula is C9H20N2O2S. The Balaban J connectivity index is 2.57. The number of hydrogen-bond donors (Lipinski definition) is 0. The van der Waals surface area contributed by atoms with Gasteiger partial charge in [0.25, 0.3) is 0 Å². The summed E-state index contributed by atoms with van der Waals surface area (Å²) in [6.07, 6.45) is 2.26. The number of likely N-dealkylation sites (N-methyl/N-ethyl adjacent to an activating group) is 1. The molecule has 1 rings (SSSR count). The Kier molecular flexibility index (Phi) is 3.92. The van der Waals surface area contributed by atoms with Crippen LogP contribution in [0.4, 0.5) is 0 Å². The maximum atomic E-state index is 11.3. The van der Waals surface area contributed by atoms with Gasteiger partial charge in [-0.2, -0.15) is 0 Å². The molecule has 1 unspecified atom stereocenters.